The van der Waals surface area contributed by atoms with Crippen LogP contribution in [0.3, 0.4) is 0 Å². The van der Waals surface area contributed by atoms with Crippen LogP contribution in [0, 0.1) is 0 Å². The predicted octanol–water partition coefficient (Wildman–Crippen LogP) is 5.97. The first-order valence-corrected chi connectivity index (χ1v) is 16.9. The third-order valence-corrected chi connectivity index (χ3v) is 13.3. The van der Waals surface area contributed by atoms with Crippen molar-refractivity contribution < 1.29 is 23.0 Å². The molecule has 32 heavy (non-hydrogen) atoms. The van der Waals surface area contributed by atoms with Crippen molar-refractivity contribution in [2.24, 2.45) is 0 Å². The second-order valence-corrected chi connectivity index (χ2v) is 18.0. The molecule has 5 atom stereocenters. The lowest BCUT2D eigenvalue weighted by Crippen LogP contribution is -2.52. The fraction of sp³-hybridized carbons (Fsp3) is 0.750. The standard InChI is InChI=1S/C24H42BO5PSi/c1-9-24(16-17-31(6,26)28-10-2)21(27-18-19-14-12-11-13-15-19)20(22(25)29-24)30-32(7,8)23(3,4)5/h11-15,20-22H,9-10,16-18H2,1-8H3/t20?,21-,22-,24-,31?/m1/s1. The van der Waals surface area contributed by atoms with Crippen molar-refractivity contribution in [3.05, 3.63) is 35.9 Å². The molecule has 0 spiro atoms. The Labute approximate surface area is 197 Å². The summed E-state index contributed by atoms with van der Waals surface area (Å²) in [5.41, 5.74) is 0.406. The highest BCUT2D eigenvalue weighted by molar-refractivity contribution is 7.58. The van der Waals surface area contributed by atoms with Crippen LogP contribution in [0.2, 0.25) is 18.1 Å². The third kappa shape index (κ3) is 6.80. The highest BCUT2D eigenvalue weighted by Crippen LogP contribution is 2.49. The molecule has 0 aliphatic carbocycles. The van der Waals surface area contributed by atoms with E-state index in [1.54, 1.807) is 6.66 Å². The van der Waals surface area contributed by atoms with Crippen LogP contribution in [0.25, 0.3) is 0 Å². The van der Waals surface area contributed by atoms with Gasteiger partial charge in [0.1, 0.15) is 14.0 Å². The van der Waals surface area contributed by atoms with Gasteiger partial charge in [0, 0.05) is 18.8 Å². The van der Waals surface area contributed by atoms with Gasteiger partial charge in [-0.25, -0.2) is 0 Å². The topological polar surface area (TPSA) is 54.0 Å². The Morgan fingerprint density at radius 2 is 1.81 bits per heavy atom. The zero-order valence-electron chi connectivity index (χ0n) is 21.2. The van der Waals surface area contributed by atoms with E-state index in [9.17, 15) is 4.57 Å². The highest BCUT2D eigenvalue weighted by Gasteiger charge is 2.56. The van der Waals surface area contributed by atoms with Crippen LogP contribution in [0.5, 0.6) is 0 Å². The van der Waals surface area contributed by atoms with Crippen LogP contribution in [0.1, 0.15) is 53.0 Å². The van der Waals surface area contributed by atoms with Gasteiger partial charge in [-0.05, 0) is 43.5 Å². The number of hydrogen-bond acceptors (Lipinski definition) is 5. The van der Waals surface area contributed by atoms with Gasteiger partial charge in [-0.3, -0.25) is 4.57 Å². The molecule has 1 aromatic rings. The molecule has 1 aromatic carbocycles. The van der Waals surface area contributed by atoms with Crippen LogP contribution in [0.15, 0.2) is 30.3 Å². The minimum absolute atomic E-state index is 0.0300. The van der Waals surface area contributed by atoms with Gasteiger partial charge in [0.05, 0.1) is 24.9 Å². The Morgan fingerprint density at radius 1 is 1.19 bits per heavy atom. The van der Waals surface area contributed by atoms with Gasteiger partial charge >= 0.3 is 0 Å². The van der Waals surface area contributed by atoms with E-state index in [0.717, 1.165) is 5.56 Å². The third-order valence-electron chi connectivity index (χ3n) is 6.96. The maximum Gasteiger partial charge on any atom is 0.200 e. The molecular weight excluding hydrogens is 438 g/mol. The maximum atomic E-state index is 12.9. The molecule has 1 heterocycles. The van der Waals surface area contributed by atoms with Crippen molar-refractivity contribution in [3.63, 3.8) is 0 Å². The predicted molar refractivity (Wildman–Crippen MR) is 135 cm³/mol. The maximum absolute atomic E-state index is 12.9. The summed E-state index contributed by atoms with van der Waals surface area (Å²) in [7, 11) is 1.68. The molecule has 0 saturated carbocycles. The smallest absolute Gasteiger partial charge is 0.200 e. The van der Waals surface area contributed by atoms with Crippen molar-refractivity contribution >= 4 is 23.5 Å². The lowest BCUT2D eigenvalue weighted by atomic mass is 9.86. The Kier molecular flexibility index (Phi) is 9.46. The van der Waals surface area contributed by atoms with Gasteiger partial charge in [-0.2, -0.15) is 0 Å². The van der Waals surface area contributed by atoms with E-state index in [4.69, 9.17) is 26.3 Å². The molecule has 1 fully saturated rings. The molecule has 2 unspecified atom stereocenters. The summed E-state index contributed by atoms with van der Waals surface area (Å²) in [4.78, 5) is 0. The lowest BCUT2D eigenvalue weighted by Gasteiger charge is -2.41. The first kappa shape index (κ1) is 27.8. The van der Waals surface area contributed by atoms with Gasteiger partial charge in [0.25, 0.3) is 0 Å². The van der Waals surface area contributed by atoms with Crippen molar-refractivity contribution in [1.29, 1.82) is 0 Å². The molecule has 5 nitrogen and oxygen atoms in total. The summed E-state index contributed by atoms with van der Waals surface area (Å²) < 4.78 is 38.1. The molecule has 0 N–H and O–H groups in total. The minimum Gasteiger partial charge on any atom is -0.409 e. The summed E-state index contributed by atoms with van der Waals surface area (Å²) in [5.74, 6) is 0. The van der Waals surface area contributed by atoms with E-state index in [1.807, 2.05) is 37.3 Å². The Balaban J connectivity index is 2.34. The lowest BCUT2D eigenvalue weighted by molar-refractivity contribution is -0.108. The van der Waals surface area contributed by atoms with E-state index in [-0.39, 0.29) is 17.2 Å². The van der Waals surface area contributed by atoms with Crippen molar-refractivity contribution in [2.75, 3.05) is 19.4 Å². The fourth-order valence-corrected chi connectivity index (χ4v) is 6.67. The average Bonchev–Trinajstić information content (AvgIpc) is 2.96. The average molecular weight is 480 g/mol. The second kappa shape index (κ2) is 10.9. The summed E-state index contributed by atoms with van der Waals surface area (Å²) in [6.07, 6.45) is 0.895. The number of hydrogen-bond donors (Lipinski definition) is 0. The molecule has 2 radical (unpaired) electrons. The first-order valence-electron chi connectivity index (χ1n) is 11.7. The van der Waals surface area contributed by atoms with Crippen molar-refractivity contribution in [3.8, 4) is 0 Å². The first-order chi connectivity index (χ1) is 14.8. The van der Waals surface area contributed by atoms with Gasteiger partial charge in [-0.1, -0.05) is 58.0 Å². The van der Waals surface area contributed by atoms with Crippen LogP contribution in [-0.4, -0.2) is 59.4 Å². The number of ether oxygens (including phenoxy) is 2. The summed E-state index contributed by atoms with van der Waals surface area (Å²) in [6, 6.07) is 9.48. The van der Waals surface area contributed by atoms with Crippen LogP contribution in [0.4, 0.5) is 0 Å². The molecule has 0 amide bonds. The fourth-order valence-electron chi connectivity index (χ4n) is 3.92. The summed E-state index contributed by atoms with van der Waals surface area (Å²) in [5, 5.41) is 0.0300. The van der Waals surface area contributed by atoms with E-state index >= 15 is 0 Å². The molecule has 0 aromatic heterocycles. The van der Waals surface area contributed by atoms with Crippen LogP contribution >= 0.6 is 7.37 Å². The van der Waals surface area contributed by atoms with Gasteiger partial charge in [0.2, 0.25) is 0 Å². The quantitative estimate of drug-likeness (QED) is 0.289. The monoisotopic (exact) mass is 480 g/mol. The largest absolute Gasteiger partial charge is 0.409 e. The van der Waals surface area contributed by atoms with Crippen molar-refractivity contribution in [2.45, 2.75) is 96.0 Å². The van der Waals surface area contributed by atoms with Gasteiger partial charge in [0.15, 0.2) is 15.7 Å². The molecule has 1 saturated heterocycles. The Hall–Kier alpha value is -0.428. The zero-order chi connectivity index (χ0) is 24.2. The molecule has 1 aliphatic heterocycles. The van der Waals surface area contributed by atoms with E-state index < -0.39 is 27.3 Å². The molecule has 8 heteroatoms. The minimum atomic E-state index is -2.72. The van der Waals surface area contributed by atoms with Gasteiger partial charge < -0.3 is 18.4 Å². The van der Waals surface area contributed by atoms with E-state index in [1.165, 1.54) is 0 Å². The summed E-state index contributed by atoms with van der Waals surface area (Å²) >= 11 is 0. The van der Waals surface area contributed by atoms with E-state index in [2.05, 4.69) is 40.8 Å². The highest BCUT2D eigenvalue weighted by atomic mass is 31.2. The number of benzene rings is 1. The zero-order valence-corrected chi connectivity index (χ0v) is 23.1. The Bertz CT molecular complexity index is 769. The molecule has 2 rings (SSSR count). The molecule has 1 aliphatic rings. The molecular formula is C24H42BO5PSi. The number of rotatable bonds is 11. The van der Waals surface area contributed by atoms with Crippen LogP contribution in [-0.2, 0) is 29.6 Å². The normalized spacial score (nSPS) is 28.6. The second-order valence-electron chi connectivity index (χ2n) is 10.5. The van der Waals surface area contributed by atoms with E-state index in [0.29, 0.717) is 32.2 Å². The van der Waals surface area contributed by atoms with Gasteiger partial charge in [-0.15, -0.1) is 0 Å². The van der Waals surface area contributed by atoms with Crippen LogP contribution < -0.4 is 0 Å². The molecule has 180 valence electrons. The summed E-state index contributed by atoms with van der Waals surface area (Å²) in [6.45, 7) is 17.6. The van der Waals surface area contributed by atoms with Crippen molar-refractivity contribution in [1.82, 2.24) is 0 Å². The SMILES string of the molecule is [B][C@@H]1O[C@](CC)(CCP(C)(=O)OCC)[C@H](OCc2ccccc2)C1O[Si](C)(C)C(C)(C)C. The Morgan fingerprint density at radius 3 is 2.34 bits per heavy atom. The molecule has 0 bridgehead atoms.